The third kappa shape index (κ3) is 3.73. The van der Waals surface area contributed by atoms with Gasteiger partial charge in [-0.1, -0.05) is 12.5 Å². The summed E-state index contributed by atoms with van der Waals surface area (Å²) in [6.45, 7) is 1.71. The van der Waals surface area contributed by atoms with Crippen molar-refractivity contribution in [3.63, 3.8) is 0 Å². The van der Waals surface area contributed by atoms with Crippen LogP contribution in [0.15, 0.2) is 55.1 Å². The summed E-state index contributed by atoms with van der Waals surface area (Å²) in [7, 11) is 0. The molecule has 5 rings (SSSR count). The zero-order chi connectivity index (χ0) is 20.3. The number of pyridine rings is 2. The maximum absolute atomic E-state index is 14.3. The van der Waals surface area contributed by atoms with Crippen molar-refractivity contribution in [2.45, 2.75) is 25.8 Å². The molecule has 0 aromatic carbocycles. The van der Waals surface area contributed by atoms with Crippen LogP contribution in [0, 0.1) is 11.7 Å². The van der Waals surface area contributed by atoms with Crippen molar-refractivity contribution in [3.8, 4) is 11.5 Å². The molecule has 0 radical (unpaired) electrons. The molecule has 4 aromatic heterocycles. The highest BCUT2D eigenvalue weighted by Crippen LogP contribution is 2.28. The Kier molecular flexibility index (Phi) is 5.06. The minimum absolute atomic E-state index is 0.312. The lowest BCUT2D eigenvalue weighted by Gasteiger charge is -2.25. The van der Waals surface area contributed by atoms with E-state index in [1.807, 2.05) is 30.5 Å². The van der Waals surface area contributed by atoms with Gasteiger partial charge in [0.2, 0.25) is 5.82 Å². The van der Waals surface area contributed by atoms with Gasteiger partial charge in [-0.25, -0.2) is 13.9 Å². The summed E-state index contributed by atoms with van der Waals surface area (Å²) in [5, 5.41) is 11.3. The quantitative estimate of drug-likeness (QED) is 0.486. The molecule has 8 heteroatoms. The molecule has 0 aliphatic heterocycles. The summed E-state index contributed by atoms with van der Waals surface area (Å²) in [6, 6.07) is 9.19. The molecule has 4 heterocycles. The van der Waals surface area contributed by atoms with Crippen LogP contribution >= 0.6 is 0 Å². The first-order chi connectivity index (χ1) is 14.8. The van der Waals surface area contributed by atoms with Crippen LogP contribution in [-0.4, -0.2) is 31.1 Å². The first-order valence-electron chi connectivity index (χ1n) is 10.1. The van der Waals surface area contributed by atoms with Crippen molar-refractivity contribution in [3.05, 3.63) is 66.5 Å². The fourth-order valence-corrected chi connectivity index (χ4v) is 3.63. The van der Waals surface area contributed by atoms with Crippen LogP contribution in [0.25, 0.3) is 17.0 Å². The van der Waals surface area contributed by atoms with E-state index in [-0.39, 0.29) is 0 Å². The number of hydrogen-bond donors (Lipinski definition) is 2. The van der Waals surface area contributed by atoms with Crippen molar-refractivity contribution in [1.29, 1.82) is 0 Å². The largest absolute Gasteiger partial charge is 0.336 e. The number of fused-ring (bicyclic) bond motifs is 1. The molecule has 0 atom stereocenters. The Hall–Kier alpha value is -3.39. The van der Waals surface area contributed by atoms with Crippen LogP contribution in [0.4, 0.5) is 15.9 Å². The summed E-state index contributed by atoms with van der Waals surface area (Å²) >= 11 is 0. The SMILES string of the molecule is Fc1cnccc1Nc1nc(-c2ccccn2)nn2ccc(CNCC3CCC3)c12. The summed E-state index contributed by atoms with van der Waals surface area (Å²) < 4.78 is 16.0. The van der Waals surface area contributed by atoms with Gasteiger partial charge < -0.3 is 10.6 Å². The number of hydrogen-bond acceptors (Lipinski definition) is 6. The van der Waals surface area contributed by atoms with Gasteiger partial charge in [0.15, 0.2) is 11.6 Å². The van der Waals surface area contributed by atoms with Crippen LogP contribution in [0.1, 0.15) is 24.8 Å². The molecule has 1 aliphatic rings. The highest BCUT2D eigenvalue weighted by atomic mass is 19.1. The van der Waals surface area contributed by atoms with E-state index in [0.29, 0.717) is 29.6 Å². The number of anilines is 2. The predicted octanol–water partition coefficient (Wildman–Crippen LogP) is 3.96. The van der Waals surface area contributed by atoms with E-state index in [0.717, 1.165) is 23.5 Å². The van der Waals surface area contributed by atoms with Crippen molar-refractivity contribution < 1.29 is 4.39 Å². The first-order valence-corrected chi connectivity index (χ1v) is 10.1. The Morgan fingerprint density at radius 3 is 2.83 bits per heavy atom. The lowest BCUT2D eigenvalue weighted by molar-refractivity contribution is 0.301. The average molecular weight is 403 g/mol. The Labute approximate surface area is 173 Å². The zero-order valence-electron chi connectivity index (χ0n) is 16.4. The van der Waals surface area contributed by atoms with Crippen LogP contribution in [0.3, 0.4) is 0 Å². The van der Waals surface area contributed by atoms with Crippen molar-refractivity contribution in [2.75, 3.05) is 11.9 Å². The van der Waals surface area contributed by atoms with Crippen LogP contribution in [0.5, 0.6) is 0 Å². The molecule has 4 aromatic rings. The first kappa shape index (κ1) is 18.6. The molecule has 0 spiro atoms. The van der Waals surface area contributed by atoms with Gasteiger partial charge in [0, 0.05) is 25.1 Å². The topological polar surface area (TPSA) is 80.0 Å². The van der Waals surface area contributed by atoms with E-state index < -0.39 is 5.82 Å². The maximum atomic E-state index is 14.3. The van der Waals surface area contributed by atoms with Gasteiger partial charge in [0.25, 0.3) is 0 Å². The minimum atomic E-state index is -0.440. The molecule has 2 N–H and O–H groups in total. The normalized spacial score (nSPS) is 14.0. The molecule has 152 valence electrons. The van der Waals surface area contributed by atoms with E-state index in [4.69, 9.17) is 4.98 Å². The number of aromatic nitrogens is 5. The van der Waals surface area contributed by atoms with Crippen LogP contribution in [-0.2, 0) is 6.54 Å². The van der Waals surface area contributed by atoms with E-state index in [2.05, 4.69) is 25.7 Å². The van der Waals surface area contributed by atoms with Gasteiger partial charge in [-0.2, -0.15) is 0 Å². The number of nitrogens with zero attached hydrogens (tertiary/aromatic N) is 5. The lowest BCUT2D eigenvalue weighted by Crippen LogP contribution is -2.26. The molecule has 0 unspecified atom stereocenters. The fraction of sp³-hybridized carbons (Fsp3) is 0.273. The van der Waals surface area contributed by atoms with E-state index in [1.54, 1.807) is 23.0 Å². The van der Waals surface area contributed by atoms with E-state index in [9.17, 15) is 4.39 Å². The highest BCUT2D eigenvalue weighted by Gasteiger charge is 2.18. The number of rotatable bonds is 7. The highest BCUT2D eigenvalue weighted by molar-refractivity contribution is 5.78. The van der Waals surface area contributed by atoms with Gasteiger partial charge in [-0.3, -0.25) is 9.97 Å². The third-order valence-corrected chi connectivity index (χ3v) is 5.49. The Morgan fingerprint density at radius 1 is 1.13 bits per heavy atom. The van der Waals surface area contributed by atoms with Gasteiger partial charge in [-0.05, 0) is 55.1 Å². The van der Waals surface area contributed by atoms with E-state index in [1.165, 1.54) is 25.5 Å². The molecule has 7 nitrogen and oxygen atoms in total. The maximum Gasteiger partial charge on any atom is 0.200 e. The Morgan fingerprint density at radius 2 is 2.07 bits per heavy atom. The predicted molar refractivity (Wildman–Crippen MR) is 113 cm³/mol. The molecule has 1 saturated carbocycles. The van der Waals surface area contributed by atoms with Gasteiger partial charge >= 0.3 is 0 Å². The third-order valence-electron chi connectivity index (χ3n) is 5.49. The monoisotopic (exact) mass is 403 g/mol. The molecular weight excluding hydrogens is 381 g/mol. The molecule has 30 heavy (non-hydrogen) atoms. The van der Waals surface area contributed by atoms with Crippen molar-refractivity contribution in [1.82, 2.24) is 29.9 Å². The second-order valence-corrected chi connectivity index (χ2v) is 7.54. The second kappa shape index (κ2) is 8.16. The Balaban J connectivity index is 1.53. The minimum Gasteiger partial charge on any atom is -0.336 e. The molecule has 1 aliphatic carbocycles. The van der Waals surface area contributed by atoms with Gasteiger partial charge in [-0.15, -0.1) is 5.10 Å². The van der Waals surface area contributed by atoms with Crippen molar-refractivity contribution >= 4 is 17.0 Å². The molecular formula is C22H22FN7. The zero-order valence-corrected chi connectivity index (χ0v) is 16.4. The summed E-state index contributed by atoms with van der Waals surface area (Å²) in [5.74, 6) is 1.32. The molecule has 0 amide bonds. The number of nitrogens with one attached hydrogen (secondary N) is 2. The average Bonchev–Trinajstić information content (AvgIpc) is 3.15. The van der Waals surface area contributed by atoms with E-state index >= 15 is 0 Å². The standard InChI is InChI=1S/C22H22FN7/c23-17-14-24-10-7-18(17)27-22-20-16(13-25-12-15-4-3-5-15)8-11-30(20)29-21(28-22)19-6-1-2-9-26-19/h1-2,6-11,14-15,25H,3-5,12-13H2,(H,24,27,28,29). The molecule has 1 fully saturated rings. The van der Waals surface area contributed by atoms with Crippen LogP contribution < -0.4 is 10.6 Å². The Bertz CT molecular complexity index is 1150. The summed E-state index contributed by atoms with van der Waals surface area (Å²) in [4.78, 5) is 12.9. The summed E-state index contributed by atoms with van der Waals surface area (Å²) in [5.41, 5.74) is 2.83. The molecule has 0 bridgehead atoms. The van der Waals surface area contributed by atoms with Crippen molar-refractivity contribution in [2.24, 2.45) is 5.92 Å². The fourth-order valence-electron chi connectivity index (χ4n) is 3.63. The number of halogens is 1. The van der Waals surface area contributed by atoms with Gasteiger partial charge in [0.05, 0.1) is 11.9 Å². The second-order valence-electron chi connectivity index (χ2n) is 7.54. The van der Waals surface area contributed by atoms with Gasteiger partial charge in [0.1, 0.15) is 11.2 Å². The van der Waals surface area contributed by atoms with Crippen LogP contribution in [0.2, 0.25) is 0 Å². The molecule has 0 saturated heterocycles. The summed E-state index contributed by atoms with van der Waals surface area (Å²) in [6.07, 6.45) is 10.3. The smallest absolute Gasteiger partial charge is 0.200 e. The lowest BCUT2D eigenvalue weighted by atomic mass is 9.85.